The van der Waals surface area contributed by atoms with Crippen LogP contribution in [0.3, 0.4) is 0 Å². The number of aryl methyl sites for hydroxylation is 1. The van der Waals surface area contributed by atoms with Gasteiger partial charge >= 0.3 is 5.97 Å². The molecule has 2 aromatic rings. The van der Waals surface area contributed by atoms with Crippen molar-refractivity contribution in [3.8, 4) is 0 Å². The van der Waals surface area contributed by atoms with Gasteiger partial charge in [0.05, 0.1) is 12.6 Å². The molecule has 1 aromatic heterocycles. The number of nitrogens with zero attached hydrogens (tertiary/aromatic N) is 1. The van der Waals surface area contributed by atoms with Crippen molar-refractivity contribution in [3.63, 3.8) is 0 Å². The van der Waals surface area contributed by atoms with E-state index in [2.05, 4.69) is 15.0 Å². The molecule has 0 atom stereocenters. The zero-order valence-electron chi connectivity index (χ0n) is 10.4. The van der Waals surface area contributed by atoms with Crippen molar-refractivity contribution in [2.24, 2.45) is 0 Å². The number of anilines is 2. The van der Waals surface area contributed by atoms with Crippen molar-refractivity contribution in [2.45, 2.75) is 6.92 Å². The summed E-state index contributed by atoms with van der Waals surface area (Å²) < 4.78 is 4.60. The second-order valence-electron chi connectivity index (χ2n) is 4.02. The maximum absolute atomic E-state index is 11.1. The normalized spacial score (nSPS) is 10.3. The van der Waals surface area contributed by atoms with Crippen LogP contribution in [0.4, 0.5) is 11.4 Å². The first-order chi connectivity index (χ1) is 8.60. The molecule has 0 saturated heterocycles. The molecule has 0 saturated carbocycles. The first-order valence-corrected chi connectivity index (χ1v) is 5.57. The average Bonchev–Trinajstić information content (AvgIpc) is 2.36. The summed E-state index contributed by atoms with van der Waals surface area (Å²) in [6.45, 7) is 2.02. The maximum atomic E-state index is 11.1. The molecule has 0 radical (unpaired) electrons. The Morgan fingerprint density at radius 1 is 1.44 bits per heavy atom. The van der Waals surface area contributed by atoms with Gasteiger partial charge < -0.3 is 15.8 Å². The zero-order valence-corrected chi connectivity index (χ0v) is 10.4. The number of rotatable bonds is 3. The van der Waals surface area contributed by atoms with Crippen LogP contribution in [0.15, 0.2) is 24.3 Å². The molecule has 5 heteroatoms. The zero-order chi connectivity index (χ0) is 13.1. The van der Waals surface area contributed by atoms with Crippen molar-refractivity contribution in [1.29, 1.82) is 0 Å². The van der Waals surface area contributed by atoms with Crippen molar-refractivity contribution in [2.75, 3.05) is 24.7 Å². The highest BCUT2D eigenvalue weighted by molar-refractivity contribution is 5.94. The molecule has 18 heavy (non-hydrogen) atoms. The number of nitrogen functional groups attached to an aromatic ring is 1. The Labute approximate surface area is 105 Å². The quantitative estimate of drug-likeness (QED) is 0.636. The maximum Gasteiger partial charge on any atom is 0.325 e. The largest absolute Gasteiger partial charge is 0.468 e. The summed E-state index contributed by atoms with van der Waals surface area (Å²) in [5.74, 6) is -0.318. The van der Waals surface area contributed by atoms with Crippen LogP contribution in [0.5, 0.6) is 0 Å². The summed E-state index contributed by atoms with van der Waals surface area (Å²) in [7, 11) is 1.36. The summed E-state index contributed by atoms with van der Waals surface area (Å²) in [6, 6.07) is 7.38. The minimum Gasteiger partial charge on any atom is -0.468 e. The summed E-state index contributed by atoms with van der Waals surface area (Å²) in [6.07, 6.45) is 0. The summed E-state index contributed by atoms with van der Waals surface area (Å²) in [5, 5.41) is 3.93. The third-order valence-electron chi connectivity index (χ3n) is 2.61. The minimum absolute atomic E-state index is 0.115. The number of nitrogens with one attached hydrogen (secondary N) is 1. The van der Waals surface area contributed by atoms with Gasteiger partial charge in [0.2, 0.25) is 0 Å². The average molecular weight is 245 g/mol. The summed E-state index contributed by atoms with van der Waals surface area (Å²) >= 11 is 0. The Morgan fingerprint density at radius 3 is 2.94 bits per heavy atom. The number of esters is 1. The van der Waals surface area contributed by atoms with E-state index in [0.717, 1.165) is 22.3 Å². The van der Waals surface area contributed by atoms with Crippen LogP contribution >= 0.6 is 0 Å². The van der Waals surface area contributed by atoms with Gasteiger partial charge in [-0.15, -0.1) is 0 Å². The smallest absolute Gasteiger partial charge is 0.325 e. The molecule has 0 aliphatic rings. The fraction of sp³-hybridized carbons (Fsp3) is 0.231. The molecule has 0 spiro atoms. The lowest BCUT2D eigenvalue weighted by molar-refractivity contribution is -0.138. The number of carbonyl (C=O) groups is 1. The van der Waals surface area contributed by atoms with Crippen LogP contribution in [0, 0.1) is 6.92 Å². The van der Waals surface area contributed by atoms with Crippen molar-refractivity contribution in [1.82, 2.24) is 4.98 Å². The Balaban J connectivity index is 2.41. The standard InChI is InChI=1S/C13H15N3O2/c1-8-5-12(15-7-13(17)18-2)10-6-9(14)3-4-11(10)16-8/h3-6H,7,14H2,1-2H3,(H,15,16). The molecule has 2 rings (SSSR count). The van der Waals surface area contributed by atoms with E-state index in [-0.39, 0.29) is 12.5 Å². The molecule has 0 aliphatic carbocycles. The third kappa shape index (κ3) is 2.51. The molecule has 1 heterocycles. The Kier molecular flexibility index (Phi) is 3.32. The molecule has 0 bridgehead atoms. The monoisotopic (exact) mass is 245 g/mol. The van der Waals surface area contributed by atoms with Gasteiger partial charge in [0.15, 0.2) is 0 Å². The van der Waals surface area contributed by atoms with E-state index in [1.807, 2.05) is 25.1 Å². The summed E-state index contributed by atoms with van der Waals surface area (Å²) in [5.41, 5.74) is 8.97. The van der Waals surface area contributed by atoms with Crippen LogP contribution in [-0.2, 0) is 9.53 Å². The highest BCUT2D eigenvalue weighted by Crippen LogP contribution is 2.25. The Morgan fingerprint density at radius 2 is 2.22 bits per heavy atom. The number of carbonyl (C=O) groups excluding carboxylic acids is 1. The number of fused-ring (bicyclic) bond motifs is 1. The summed E-state index contributed by atoms with van der Waals surface area (Å²) in [4.78, 5) is 15.6. The number of hydrogen-bond donors (Lipinski definition) is 2. The lowest BCUT2D eigenvalue weighted by Crippen LogP contribution is -2.15. The van der Waals surface area contributed by atoms with E-state index in [4.69, 9.17) is 5.73 Å². The number of nitrogens with two attached hydrogens (primary N) is 1. The molecule has 5 nitrogen and oxygen atoms in total. The molecule has 3 N–H and O–H groups in total. The Hall–Kier alpha value is -2.30. The highest BCUT2D eigenvalue weighted by Gasteiger charge is 2.06. The van der Waals surface area contributed by atoms with E-state index in [0.29, 0.717) is 5.69 Å². The van der Waals surface area contributed by atoms with E-state index in [1.54, 1.807) is 6.07 Å². The molecule has 0 fully saturated rings. The van der Waals surface area contributed by atoms with Crippen LogP contribution in [0.2, 0.25) is 0 Å². The topological polar surface area (TPSA) is 77.2 Å². The molecule has 0 unspecified atom stereocenters. The number of pyridine rings is 1. The van der Waals surface area contributed by atoms with Crippen molar-refractivity contribution < 1.29 is 9.53 Å². The van der Waals surface area contributed by atoms with Gasteiger partial charge in [-0.25, -0.2) is 0 Å². The van der Waals surface area contributed by atoms with Gasteiger partial charge in [-0.1, -0.05) is 0 Å². The fourth-order valence-corrected chi connectivity index (χ4v) is 1.76. The van der Waals surface area contributed by atoms with Gasteiger partial charge in [-0.3, -0.25) is 9.78 Å². The van der Waals surface area contributed by atoms with Gasteiger partial charge in [-0.05, 0) is 31.2 Å². The molecule has 94 valence electrons. The van der Waals surface area contributed by atoms with Crippen LogP contribution in [0.25, 0.3) is 10.9 Å². The molecule has 0 amide bonds. The van der Waals surface area contributed by atoms with Crippen molar-refractivity contribution in [3.05, 3.63) is 30.0 Å². The van der Waals surface area contributed by atoms with Gasteiger partial charge in [0.25, 0.3) is 0 Å². The lowest BCUT2D eigenvalue weighted by Gasteiger charge is -2.10. The molecular formula is C13H15N3O2. The SMILES string of the molecule is COC(=O)CNc1cc(C)nc2ccc(N)cc12. The van der Waals surface area contributed by atoms with E-state index in [9.17, 15) is 4.79 Å². The second-order valence-corrected chi connectivity index (χ2v) is 4.02. The third-order valence-corrected chi connectivity index (χ3v) is 2.61. The molecular weight excluding hydrogens is 230 g/mol. The predicted octanol–water partition coefficient (Wildman–Crippen LogP) is 1.71. The van der Waals surface area contributed by atoms with Crippen molar-refractivity contribution >= 4 is 28.2 Å². The van der Waals surface area contributed by atoms with E-state index >= 15 is 0 Å². The predicted molar refractivity (Wildman–Crippen MR) is 71.4 cm³/mol. The number of hydrogen-bond acceptors (Lipinski definition) is 5. The fourth-order valence-electron chi connectivity index (χ4n) is 1.76. The number of aromatic nitrogens is 1. The Bertz CT molecular complexity index is 596. The first kappa shape index (κ1) is 12.2. The second kappa shape index (κ2) is 4.91. The van der Waals surface area contributed by atoms with Crippen LogP contribution < -0.4 is 11.1 Å². The van der Waals surface area contributed by atoms with E-state index < -0.39 is 0 Å². The van der Waals surface area contributed by atoms with Gasteiger partial charge in [-0.2, -0.15) is 0 Å². The van der Waals surface area contributed by atoms with Gasteiger partial charge in [0, 0.05) is 22.5 Å². The van der Waals surface area contributed by atoms with E-state index in [1.165, 1.54) is 7.11 Å². The molecule has 0 aliphatic heterocycles. The van der Waals surface area contributed by atoms with Gasteiger partial charge in [0.1, 0.15) is 6.54 Å². The number of benzene rings is 1. The minimum atomic E-state index is -0.318. The molecule has 1 aromatic carbocycles. The lowest BCUT2D eigenvalue weighted by atomic mass is 10.1. The number of methoxy groups -OCH3 is 1. The van der Waals surface area contributed by atoms with Crippen LogP contribution in [-0.4, -0.2) is 24.6 Å². The first-order valence-electron chi connectivity index (χ1n) is 5.57. The number of ether oxygens (including phenoxy) is 1. The highest BCUT2D eigenvalue weighted by atomic mass is 16.5. The van der Waals surface area contributed by atoms with Crippen LogP contribution in [0.1, 0.15) is 5.69 Å².